The molecule has 0 aliphatic rings. The molecule has 0 unspecified atom stereocenters. The number of halogens is 1. The quantitative estimate of drug-likeness (QED) is 0.362. The summed E-state index contributed by atoms with van der Waals surface area (Å²) in [5, 5.41) is 11.9. The number of ether oxygens (including phenoxy) is 1. The fraction of sp³-hybridized carbons (Fsp3) is 0.364. The Morgan fingerprint density at radius 3 is 2.76 bits per heavy atom. The van der Waals surface area contributed by atoms with Crippen LogP contribution in [0.15, 0.2) is 23.4 Å². The van der Waals surface area contributed by atoms with Gasteiger partial charge in [-0.15, -0.1) is 0 Å². The maximum Gasteiger partial charge on any atom is 0.170 e. The van der Waals surface area contributed by atoms with Crippen LogP contribution in [0.2, 0.25) is 5.02 Å². The van der Waals surface area contributed by atoms with Crippen LogP contribution in [0, 0.1) is 0 Å². The molecule has 1 rings (SSSR count). The van der Waals surface area contributed by atoms with Gasteiger partial charge in [-0.05, 0) is 32.3 Å². The van der Waals surface area contributed by atoms with E-state index in [2.05, 4.69) is 5.16 Å². The third-order valence-corrected chi connectivity index (χ3v) is 2.43. The molecule has 1 aromatic carbocycles. The Labute approximate surface area is 105 Å². The van der Waals surface area contributed by atoms with Gasteiger partial charge < -0.3 is 20.6 Å². The van der Waals surface area contributed by atoms with Crippen LogP contribution in [0.3, 0.4) is 0 Å². The van der Waals surface area contributed by atoms with E-state index in [1.165, 1.54) is 0 Å². The predicted molar refractivity (Wildman–Crippen MR) is 68.0 cm³/mol. The zero-order valence-electron chi connectivity index (χ0n) is 9.85. The van der Waals surface area contributed by atoms with Crippen molar-refractivity contribution in [3.63, 3.8) is 0 Å². The molecule has 0 atom stereocenters. The Hall–Kier alpha value is -1.46. The number of rotatable bonds is 5. The first-order chi connectivity index (χ1) is 8.04. The largest absolute Gasteiger partial charge is 0.491 e. The topological polar surface area (TPSA) is 71.1 Å². The highest BCUT2D eigenvalue weighted by Gasteiger charge is 2.06. The van der Waals surface area contributed by atoms with Gasteiger partial charge in [0.2, 0.25) is 0 Å². The van der Waals surface area contributed by atoms with Crippen molar-refractivity contribution < 1.29 is 9.94 Å². The van der Waals surface area contributed by atoms with Crippen LogP contribution in [0.1, 0.15) is 5.56 Å². The summed E-state index contributed by atoms with van der Waals surface area (Å²) >= 11 is 6.01. The molecule has 0 saturated heterocycles. The molecule has 0 fully saturated rings. The lowest BCUT2D eigenvalue weighted by Crippen LogP contribution is -2.19. The van der Waals surface area contributed by atoms with Gasteiger partial charge >= 0.3 is 0 Å². The van der Waals surface area contributed by atoms with Crippen LogP contribution < -0.4 is 10.5 Å². The summed E-state index contributed by atoms with van der Waals surface area (Å²) < 4.78 is 5.50. The van der Waals surface area contributed by atoms with Crippen molar-refractivity contribution in [1.29, 1.82) is 0 Å². The Kier molecular flexibility index (Phi) is 5.06. The van der Waals surface area contributed by atoms with Crippen molar-refractivity contribution in [3.8, 4) is 5.75 Å². The molecule has 17 heavy (non-hydrogen) atoms. The molecule has 0 aromatic heterocycles. The number of benzene rings is 1. The molecule has 0 amide bonds. The maximum absolute atomic E-state index is 8.53. The van der Waals surface area contributed by atoms with Gasteiger partial charge in [0.15, 0.2) is 5.84 Å². The van der Waals surface area contributed by atoms with Crippen molar-refractivity contribution in [2.45, 2.75) is 0 Å². The van der Waals surface area contributed by atoms with Crippen LogP contribution in [0.25, 0.3) is 0 Å². The van der Waals surface area contributed by atoms with E-state index >= 15 is 0 Å². The molecule has 94 valence electrons. The van der Waals surface area contributed by atoms with Gasteiger partial charge in [-0.25, -0.2) is 0 Å². The zero-order chi connectivity index (χ0) is 12.8. The molecule has 1 aromatic rings. The normalized spacial score (nSPS) is 11.9. The average Bonchev–Trinajstić information content (AvgIpc) is 2.29. The van der Waals surface area contributed by atoms with Gasteiger partial charge in [-0.1, -0.05) is 16.8 Å². The second kappa shape index (κ2) is 6.32. The molecule has 0 spiro atoms. The molecule has 6 heteroatoms. The van der Waals surface area contributed by atoms with Crippen LogP contribution in [0.5, 0.6) is 5.75 Å². The van der Waals surface area contributed by atoms with E-state index in [1.807, 2.05) is 19.0 Å². The lowest BCUT2D eigenvalue weighted by atomic mass is 10.2. The van der Waals surface area contributed by atoms with E-state index < -0.39 is 0 Å². The molecule has 0 radical (unpaired) electrons. The van der Waals surface area contributed by atoms with Crippen LogP contribution in [0.4, 0.5) is 0 Å². The van der Waals surface area contributed by atoms with E-state index in [9.17, 15) is 0 Å². The number of hydrogen-bond donors (Lipinski definition) is 2. The summed E-state index contributed by atoms with van der Waals surface area (Å²) in [7, 11) is 3.93. The second-order valence-corrected chi connectivity index (χ2v) is 4.19. The highest BCUT2D eigenvalue weighted by atomic mass is 35.5. The third kappa shape index (κ3) is 4.13. The minimum atomic E-state index is 0.0201. The number of amidine groups is 1. The predicted octanol–water partition coefficient (Wildman–Crippen LogP) is 1.37. The standard InChI is InChI=1S/C11H16ClN3O2/c1-15(2)5-6-17-10-4-3-8(7-9(10)12)11(13)14-16/h3-4,7,16H,5-6H2,1-2H3,(H2,13,14). The highest BCUT2D eigenvalue weighted by Crippen LogP contribution is 2.25. The van der Waals surface area contributed by atoms with Crippen LogP contribution in [-0.2, 0) is 0 Å². The SMILES string of the molecule is CN(C)CCOc1ccc(C(N)=NO)cc1Cl. The molecular formula is C11H16ClN3O2. The van der Waals surface area contributed by atoms with E-state index in [1.54, 1.807) is 18.2 Å². The molecule has 5 nitrogen and oxygen atoms in total. The van der Waals surface area contributed by atoms with E-state index in [-0.39, 0.29) is 5.84 Å². The van der Waals surface area contributed by atoms with Gasteiger partial charge in [0.25, 0.3) is 0 Å². The zero-order valence-corrected chi connectivity index (χ0v) is 10.6. The average molecular weight is 258 g/mol. The number of likely N-dealkylation sites (N-methyl/N-ethyl adjacent to an activating group) is 1. The van der Waals surface area contributed by atoms with Gasteiger partial charge in [-0.2, -0.15) is 0 Å². The van der Waals surface area contributed by atoms with Crippen molar-refractivity contribution in [1.82, 2.24) is 4.90 Å². The minimum absolute atomic E-state index is 0.0201. The Morgan fingerprint density at radius 2 is 2.24 bits per heavy atom. The molecule has 0 aliphatic heterocycles. The van der Waals surface area contributed by atoms with Gasteiger partial charge in [0, 0.05) is 12.1 Å². The van der Waals surface area contributed by atoms with Gasteiger partial charge in [0.1, 0.15) is 12.4 Å². The van der Waals surface area contributed by atoms with Crippen molar-refractivity contribution in [2.24, 2.45) is 10.9 Å². The number of oxime groups is 1. The number of nitrogens with zero attached hydrogens (tertiary/aromatic N) is 2. The van der Waals surface area contributed by atoms with Crippen molar-refractivity contribution >= 4 is 17.4 Å². The summed E-state index contributed by atoms with van der Waals surface area (Å²) in [5.41, 5.74) is 6.00. The minimum Gasteiger partial charge on any atom is -0.491 e. The summed E-state index contributed by atoms with van der Waals surface area (Å²) in [5.74, 6) is 0.606. The molecule has 0 aliphatic carbocycles. The lowest BCUT2D eigenvalue weighted by molar-refractivity contribution is 0.261. The fourth-order valence-electron chi connectivity index (χ4n) is 1.17. The fourth-order valence-corrected chi connectivity index (χ4v) is 1.41. The summed E-state index contributed by atoms with van der Waals surface area (Å²) in [6, 6.07) is 4.99. The first-order valence-corrected chi connectivity index (χ1v) is 5.47. The lowest BCUT2D eigenvalue weighted by Gasteiger charge is -2.12. The first kappa shape index (κ1) is 13.6. The van der Waals surface area contributed by atoms with Gasteiger partial charge in [0.05, 0.1) is 5.02 Å². The van der Waals surface area contributed by atoms with E-state index in [0.717, 1.165) is 6.54 Å². The summed E-state index contributed by atoms with van der Waals surface area (Å²) in [6.07, 6.45) is 0. The smallest absolute Gasteiger partial charge is 0.170 e. The van der Waals surface area contributed by atoms with Crippen molar-refractivity contribution in [3.05, 3.63) is 28.8 Å². The van der Waals surface area contributed by atoms with E-state index in [4.69, 9.17) is 27.3 Å². The van der Waals surface area contributed by atoms with Gasteiger partial charge in [-0.3, -0.25) is 0 Å². The summed E-state index contributed by atoms with van der Waals surface area (Å²) in [4.78, 5) is 2.01. The molecule has 0 bridgehead atoms. The molecule has 0 saturated carbocycles. The molecular weight excluding hydrogens is 242 g/mol. The van der Waals surface area contributed by atoms with E-state index in [0.29, 0.717) is 22.9 Å². The summed E-state index contributed by atoms with van der Waals surface area (Å²) in [6.45, 7) is 1.36. The third-order valence-electron chi connectivity index (χ3n) is 2.13. The number of hydrogen-bond acceptors (Lipinski definition) is 4. The molecule has 3 N–H and O–H groups in total. The van der Waals surface area contributed by atoms with Crippen LogP contribution >= 0.6 is 11.6 Å². The Balaban J connectivity index is 2.70. The first-order valence-electron chi connectivity index (χ1n) is 5.09. The second-order valence-electron chi connectivity index (χ2n) is 3.78. The number of nitrogens with two attached hydrogens (primary N) is 1. The monoisotopic (exact) mass is 257 g/mol. The van der Waals surface area contributed by atoms with Crippen LogP contribution in [-0.4, -0.2) is 43.2 Å². The van der Waals surface area contributed by atoms with Crippen molar-refractivity contribution in [2.75, 3.05) is 27.2 Å². The Morgan fingerprint density at radius 1 is 1.53 bits per heavy atom. The molecule has 0 heterocycles. The maximum atomic E-state index is 8.53. The Bertz CT molecular complexity index is 408. The highest BCUT2D eigenvalue weighted by molar-refractivity contribution is 6.32.